The van der Waals surface area contributed by atoms with E-state index in [1.807, 2.05) is 20.8 Å². The second-order valence-electron chi connectivity index (χ2n) is 4.69. The summed E-state index contributed by atoms with van der Waals surface area (Å²) in [6.45, 7) is 5.92. The summed E-state index contributed by atoms with van der Waals surface area (Å²) < 4.78 is 1.56. The van der Waals surface area contributed by atoms with Gasteiger partial charge in [0.15, 0.2) is 5.82 Å². The number of aliphatic carboxylic acids is 1. The molecule has 0 aliphatic rings. The Morgan fingerprint density at radius 3 is 2.71 bits per heavy atom. The highest BCUT2D eigenvalue weighted by Crippen LogP contribution is 2.10. The van der Waals surface area contributed by atoms with Crippen LogP contribution in [0.5, 0.6) is 0 Å². The number of aromatic nitrogens is 2. The molecule has 0 atom stereocenters. The molecule has 0 bridgehead atoms. The lowest BCUT2D eigenvalue weighted by Gasteiger charge is -2.22. The Balaban J connectivity index is 2.88. The molecule has 0 radical (unpaired) electrons. The van der Waals surface area contributed by atoms with Gasteiger partial charge in [-0.3, -0.25) is 9.59 Å². The predicted octanol–water partition coefficient (Wildman–Crippen LogP) is 0.885. The lowest BCUT2D eigenvalue weighted by atomic mass is 10.1. The minimum absolute atomic E-state index is 0.0501. The molecule has 1 heterocycles. The zero-order valence-corrected chi connectivity index (χ0v) is 10.2. The molecule has 0 aliphatic carbocycles. The summed E-state index contributed by atoms with van der Waals surface area (Å²) in [7, 11) is 0. The molecular weight excluding hydrogens is 222 g/mol. The van der Waals surface area contributed by atoms with Crippen LogP contribution in [0.15, 0.2) is 17.2 Å². The Hall–Kier alpha value is -1.85. The molecule has 0 aliphatic heterocycles. The Morgan fingerprint density at radius 2 is 2.18 bits per heavy atom. The number of hydrogen-bond acceptors (Lipinski definition) is 4. The lowest BCUT2D eigenvalue weighted by Crippen LogP contribution is -2.35. The minimum Gasteiger partial charge on any atom is -0.481 e. The zero-order valence-electron chi connectivity index (χ0n) is 10.2. The van der Waals surface area contributed by atoms with Crippen LogP contribution in [0, 0.1) is 0 Å². The van der Waals surface area contributed by atoms with Crippen LogP contribution in [0.1, 0.15) is 27.2 Å². The van der Waals surface area contributed by atoms with Crippen molar-refractivity contribution in [3.05, 3.63) is 22.7 Å². The van der Waals surface area contributed by atoms with E-state index in [2.05, 4.69) is 10.3 Å². The van der Waals surface area contributed by atoms with Gasteiger partial charge in [-0.1, -0.05) is 0 Å². The fourth-order valence-electron chi connectivity index (χ4n) is 1.35. The van der Waals surface area contributed by atoms with Crippen molar-refractivity contribution in [2.45, 2.75) is 32.7 Å². The molecule has 0 fully saturated rings. The molecule has 6 heteroatoms. The summed E-state index contributed by atoms with van der Waals surface area (Å²) in [4.78, 5) is 26.3. The van der Waals surface area contributed by atoms with Crippen molar-refractivity contribution in [2.24, 2.45) is 0 Å². The fourth-order valence-corrected chi connectivity index (χ4v) is 1.35. The van der Waals surface area contributed by atoms with Crippen molar-refractivity contribution in [3.63, 3.8) is 0 Å². The Morgan fingerprint density at radius 1 is 1.53 bits per heavy atom. The van der Waals surface area contributed by atoms with Crippen LogP contribution in [-0.2, 0) is 10.3 Å². The zero-order chi connectivity index (χ0) is 13.1. The van der Waals surface area contributed by atoms with E-state index in [1.54, 1.807) is 10.8 Å². The maximum Gasteiger partial charge on any atom is 0.305 e. The average molecular weight is 239 g/mol. The smallest absolute Gasteiger partial charge is 0.305 e. The van der Waals surface area contributed by atoms with Gasteiger partial charge < -0.3 is 15.0 Å². The topological polar surface area (TPSA) is 84.2 Å². The van der Waals surface area contributed by atoms with Crippen LogP contribution in [0.4, 0.5) is 5.82 Å². The molecule has 1 aromatic heterocycles. The normalized spacial score (nSPS) is 11.2. The summed E-state index contributed by atoms with van der Waals surface area (Å²) >= 11 is 0. The Kier molecular flexibility index (Phi) is 3.88. The highest BCUT2D eigenvalue weighted by atomic mass is 16.4. The minimum atomic E-state index is -0.912. The second-order valence-corrected chi connectivity index (χ2v) is 4.69. The van der Waals surface area contributed by atoms with Gasteiger partial charge in [0.25, 0.3) is 5.56 Å². The van der Waals surface area contributed by atoms with E-state index in [4.69, 9.17) is 5.11 Å². The van der Waals surface area contributed by atoms with Gasteiger partial charge in [-0.25, -0.2) is 4.98 Å². The van der Waals surface area contributed by atoms with Crippen LogP contribution in [0.2, 0.25) is 0 Å². The van der Waals surface area contributed by atoms with Crippen LogP contribution in [0.3, 0.4) is 0 Å². The first-order valence-electron chi connectivity index (χ1n) is 5.36. The first kappa shape index (κ1) is 13.2. The number of anilines is 1. The van der Waals surface area contributed by atoms with Gasteiger partial charge in [0.1, 0.15) is 0 Å². The maximum absolute atomic E-state index is 12.0. The van der Waals surface area contributed by atoms with Gasteiger partial charge in [-0.05, 0) is 20.8 Å². The van der Waals surface area contributed by atoms with Crippen LogP contribution < -0.4 is 10.9 Å². The number of carboxylic acids is 1. The van der Waals surface area contributed by atoms with Crippen LogP contribution in [0.25, 0.3) is 0 Å². The molecule has 1 rings (SSSR count). The summed E-state index contributed by atoms with van der Waals surface area (Å²) in [6, 6.07) is 0. The van der Waals surface area contributed by atoms with Gasteiger partial charge in [0.2, 0.25) is 0 Å². The first-order valence-corrected chi connectivity index (χ1v) is 5.36. The third-order valence-electron chi connectivity index (χ3n) is 2.19. The highest BCUT2D eigenvalue weighted by Gasteiger charge is 2.16. The number of carboxylic acid groups (broad SMARTS) is 1. The van der Waals surface area contributed by atoms with E-state index in [9.17, 15) is 9.59 Å². The van der Waals surface area contributed by atoms with E-state index < -0.39 is 5.97 Å². The molecule has 0 unspecified atom stereocenters. The van der Waals surface area contributed by atoms with Gasteiger partial charge in [-0.15, -0.1) is 0 Å². The second kappa shape index (κ2) is 4.99. The number of nitrogens with zero attached hydrogens (tertiary/aromatic N) is 2. The van der Waals surface area contributed by atoms with Crippen LogP contribution in [-0.4, -0.2) is 27.2 Å². The number of nitrogens with one attached hydrogen (secondary N) is 1. The molecule has 94 valence electrons. The third-order valence-corrected chi connectivity index (χ3v) is 2.19. The van der Waals surface area contributed by atoms with E-state index in [1.165, 1.54) is 6.20 Å². The fraction of sp³-hybridized carbons (Fsp3) is 0.545. The molecule has 0 saturated heterocycles. The van der Waals surface area contributed by atoms with E-state index >= 15 is 0 Å². The molecule has 1 aromatic rings. The van der Waals surface area contributed by atoms with E-state index in [-0.39, 0.29) is 29.9 Å². The van der Waals surface area contributed by atoms with Crippen molar-refractivity contribution in [3.8, 4) is 0 Å². The lowest BCUT2D eigenvalue weighted by molar-refractivity contribution is -0.136. The standard InChI is InChI=1S/C11H17N3O3/c1-11(2,3)14-7-6-13-9(10(14)17)12-5-4-8(15)16/h6-7H,4-5H2,1-3H3,(H,12,13)(H,15,16). The molecule has 0 aromatic carbocycles. The Labute approximate surface area is 99.3 Å². The monoisotopic (exact) mass is 239 g/mol. The number of rotatable bonds is 4. The molecule has 2 N–H and O–H groups in total. The van der Waals surface area contributed by atoms with Gasteiger partial charge in [-0.2, -0.15) is 0 Å². The molecule has 0 amide bonds. The molecular formula is C11H17N3O3. The SMILES string of the molecule is CC(C)(C)n1ccnc(NCCC(=O)O)c1=O. The first-order chi connectivity index (χ1) is 7.82. The summed E-state index contributed by atoms with van der Waals surface area (Å²) in [5.41, 5.74) is -0.575. The maximum atomic E-state index is 12.0. The van der Waals surface area contributed by atoms with Gasteiger partial charge in [0, 0.05) is 24.5 Å². The molecule has 17 heavy (non-hydrogen) atoms. The third kappa shape index (κ3) is 3.58. The molecule has 6 nitrogen and oxygen atoms in total. The molecule has 0 spiro atoms. The summed E-state index contributed by atoms with van der Waals surface area (Å²) in [6.07, 6.45) is 3.09. The van der Waals surface area contributed by atoms with Crippen LogP contribution >= 0.6 is 0 Å². The number of hydrogen-bond donors (Lipinski definition) is 2. The average Bonchev–Trinajstić information content (AvgIpc) is 2.18. The van der Waals surface area contributed by atoms with Gasteiger partial charge in [0.05, 0.1) is 6.42 Å². The summed E-state index contributed by atoms with van der Waals surface area (Å²) in [5.74, 6) is -0.728. The largest absolute Gasteiger partial charge is 0.481 e. The van der Waals surface area contributed by atoms with E-state index in [0.717, 1.165) is 0 Å². The van der Waals surface area contributed by atoms with E-state index in [0.29, 0.717) is 0 Å². The van der Waals surface area contributed by atoms with Crippen molar-refractivity contribution in [2.75, 3.05) is 11.9 Å². The van der Waals surface area contributed by atoms with Gasteiger partial charge >= 0.3 is 5.97 Å². The highest BCUT2D eigenvalue weighted by molar-refractivity contribution is 5.67. The Bertz CT molecular complexity index is 460. The predicted molar refractivity (Wildman–Crippen MR) is 64.2 cm³/mol. The van der Waals surface area contributed by atoms with Crippen molar-refractivity contribution < 1.29 is 9.90 Å². The quantitative estimate of drug-likeness (QED) is 0.815. The van der Waals surface area contributed by atoms with Crippen molar-refractivity contribution in [1.29, 1.82) is 0 Å². The molecule has 0 saturated carbocycles. The number of carbonyl (C=O) groups is 1. The van der Waals surface area contributed by atoms with Crippen molar-refractivity contribution in [1.82, 2.24) is 9.55 Å². The summed E-state index contributed by atoms with van der Waals surface area (Å²) in [5, 5.41) is 11.2. The van der Waals surface area contributed by atoms with Crippen molar-refractivity contribution >= 4 is 11.8 Å².